The number of nitrogens with one attached hydrogen (secondary N) is 4. The fourth-order valence-electron chi connectivity index (χ4n) is 22.0. The quantitative estimate of drug-likeness (QED) is 0.0658. The number of halogens is 2. The van der Waals surface area contributed by atoms with Gasteiger partial charge in [-0.3, -0.25) is 53.9 Å². The van der Waals surface area contributed by atoms with Crippen LogP contribution in [0.25, 0.3) is 89.4 Å². The molecule has 132 heavy (non-hydrogen) atoms. The van der Waals surface area contributed by atoms with Crippen molar-refractivity contribution in [3.63, 3.8) is 0 Å². The molecule has 12 aliphatic rings. The first-order valence-electron chi connectivity index (χ1n) is 47.5. The topological polar surface area (TPSA) is 310 Å². The Morgan fingerprint density at radius 1 is 0.333 bits per heavy atom. The molecule has 24 rings (SSSR count). The van der Waals surface area contributed by atoms with Crippen LogP contribution in [0, 0.1) is 5.82 Å². The number of benzene rings is 1. The first kappa shape index (κ1) is 87.3. The second-order valence-corrected chi connectivity index (χ2v) is 37.5. The fourth-order valence-corrected chi connectivity index (χ4v) is 22.3. The van der Waals surface area contributed by atoms with Gasteiger partial charge < -0.3 is 45.0 Å². The van der Waals surface area contributed by atoms with Gasteiger partial charge >= 0.3 is 0 Å². The first-order chi connectivity index (χ1) is 64.9. The van der Waals surface area contributed by atoms with Crippen LogP contribution in [-0.2, 0) is 58.7 Å². The van der Waals surface area contributed by atoms with E-state index in [2.05, 4.69) is 135 Å². The van der Waals surface area contributed by atoms with Crippen LogP contribution >= 0.6 is 11.6 Å². The Morgan fingerprint density at radius 2 is 0.659 bits per heavy atom. The summed E-state index contributed by atoms with van der Waals surface area (Å²) >= 11 is 6.67. The van der Waals surface area contributed by atoms with E-state index in [1.165, 1.54) is 104 Å². The van der Waals surface area contributed by atoms with Crippen molar-refractivity contribution < 1.29 is 28.1 Å². The van der Waals surface area contributed by atoms with Gasteiger partial charge in [-0.05, 0) is 190 Å². The molecule has 4 N–H and O–H groups in total. The fraction of sp³-hybridized carbons (Fsp3) is 0.470. The standard InChI is InChI=1S/C26H30N6O2.C25H29ClN6O.C25H27FN6O.C24H29N7O/c1-33-21-10-18(13-27-15-21)23-12-22-17(14-28-23)11-24-25(22)26(30-16-29-24)31-19-2-4-20(5-3-19)32-6-8-34-9-7-32;1-31-14-17(13-29-31)20-12-21-16(10-22(20)26)11-23-24(21)25(28-15-27-23)30-18-2-4-19(5-3-18)32-6-8-33-9-7-32;26-18-9-17(12-27-14-18)22-11-21-16(13-28-22)10-23-24(21)25(30-15-29-23)31-19-1-3-20(4-2-19)32-5-7-33-8-6-32;1-30-14-17(13-28-30)21-11-20-16(12-25-21)10-22-23(20)24(27-15-26-22)29-18-2-4-19(5-3-18)31-6-8-32-9-7-31/h10,12-16,19-20H,2-9,11H2,1H3,(H,29,30,31);10,12-15,18-19H,2-9,11H2,1H3,(H,27,28,30);9,11-15,19-20H,1-8,10H2,(H,29,30,31);11-15,18-19H,2-10H2,1H3,(H,26,27,29). The smallest absolute Gasteiger partial charge is 0.142 e. The monoisotopic (exact) mass is 1800 g/mol. The van der Waals surface area contributed by atoms with E-state index in [4.69, 9.17) is 40.3 Å². The van der Waals surface area contributed by atoms with Crippen LogP contribution in [0.5, 0.6) is 5.75 Å². The summed E-state index contributed by atoms with van der Waals surface area (Å²) in [6.07, 6.45) is 48.7. The molecule has 12 aromatic rings. The predicted octanol–water partition coefficient (Wildman–Crippen LogP) is 14.3. The zero-order valence-corrected chi connectivity index (χ0v) is 76.2. The number of rotatable bonds is 17. The highest BCUT2D eigenvalue weighted by Gasteiger charge is 2.37. The number of anilines is 4. The Hall–Kier alpha value is -11.4. The molecule has 30 nitrogen and oxygen atoms in total. The summed E-state index contributed by atoms with van der Waals surface area (Å²) in [6.45, 7) is 15.5. The SMILES string of the molecule is COc1cncc(-c2cc3c(cn2)Cc2ncnc(NC4CCC(N5CCOCC5)CC4)c2-3)c1.Cn1cc(-c2cc3c(cc2Cl)Cc2ncnc(NC4CCC(N5CCOCC5)CC4)c2-3)cn1.Cn1cc(-c2cc3c(cn2)Cc2ncnc(NC4CCC(N5CCOCC5)CC4)c2-3)cn1.Fc1cncc(-c2cc3c(cn2)Cc2ncnc(NC4CCC(N5CCOCC5)CC4)c2-3)c1. The van der Waals surface area contributed by atoms with Crippen LogP contribution < -0.4 is 26.0 Å². The van der Waals surface area contributed by atoms with Gasteiger partial charge in [0.05, 0.1) is 125 Å². The highest BCUT2D eigenvalue weighted by Crippen LogP contribution is 2.48. The van der Waals surface area contributed by atoms with E-state index in [1.54, 1.807) is 49.5 Å². The van der Waals surface area contributed by atoms with Crippen molar-refractivity contribution in [3.8, 4) is 95.2 Å². The summed E-state index contributed by atoms with van der Waals surface area (Å²) in [7, 11) is 5.50. The molecule has 8 fully saturated rings. The zero-order valence-electron chi connectivity index (χ0n) is 75.5. The number of nitrogens with zero attached hydrogens (tertiary/aromatic N) is 21. The summed E-state index contributed by atoms with van der Waals surface area (Å²) in [6, 6.07) is 18.5. The molecule has 0 atom stereocenters. The number of hydrogen-bond acceptors (Lipinski definition) is 28. The predicted molar refractivity (Wildman–Crippen MR) is 505 cm³/mol. The third-order valence-electron chi connectivity index (χ3n) is 29.0. The summed E-state index contributed by atoms with van der Waals surface area (Å²) < 4.78 is 44.7. The molecule has 4 aliphatic heterocycles. The number of aryl methyl sites for hydroxylation is 2. The summed E-state index contributed by atoms with van der Waals surface area (Å²) in [5.74, 6) is 4.11. The summed E-state index contributed by atoms with van der Waals surface area (Å²) in [5, 5.41) is 24.4. The number of aromatic nitrogens is 17. The molecule has 0 unspecified atom stereocenters. The molecule has 0 amide bonds. The van der Waals surface area contributed by atoms with Gasteiger partial charge in [0, 0.05) is 239 Å². The van der Waals surface area contributed by atoms with Crippen molar-refractivity contribution in [2.45, 2.75) is 177 Å². The van der Waals surface area contributed by atoms with E-state index in [-0.39, 0.29) is 5.82 Å². The maximum atomic E-state index is 13.7. The van der Waals surface area contributed by atoms with Crippen molar-refractivity contribution >= 4 is 34.9 Å². The van der Waals surface area contributed by atoms with E-state index in [0.29, 0.717) is 59.6 Å². The van der Waals surface area contributed by atoms with Gasteiger partial charge in [-0.25, -0.2) is 44.3 Å². The Kier molecular flexibility index (Phi) is 26.3. The average molecular weight is 1800 g/mol. The van der Waals surface area contributed by atoms with E-state index in [9.17, 15) is 4.39 Å². The average Bonchev–Trinajstić information content (AvgIpc) is 1.64. The third kappa shape index (κ3) is 19.3. The summed E-state index contributed by atoms with van der Waals surface area (Å²) in [4.78, 5) is 69.6. The molecule has 4 saturated heterocycles. The molecule has 32 heteroatoms. The molecular formula is C100H115ClFN25O5. The Labute approximate surface area is 774 Å². The van der Waals surface area contributed by atoms with Crippen LogP contribution in [0.4, 0.5) is 27.7 Å². The van der Waals surface area contributed by atoms with Gasteiger partial charge in [-0.2, -0.15) is 10.2 Å². The second-order valence-electron chi connectivity index (χ2n) is 37.1. The summed E-state index contributed by atoms with van der Waals surface area (Å²) in [5.41, 5.74) is 25.2. The molecule has 1 aromatic carbocycles. The lowest BCUT2D eigenvalue weighted by Gasteiger charge is -2.39. The maximum absolute atomic E-state index is 13.7. The van der Waals surface area contributed by atoms with E-state index >= 15 is 0 Å². The van der Waals surface area contributed by atoms with Gasteiger partial charge in [0.15, 0.2) is 0 Å². The molecule has 684 valence electrons. The van der Waals surface area contributed by atoms with E-state index < -0.39 is 0 Å². The van der Waals surface area contributed by atoms with Crippen molar-refractivity contribution in [1.29, 1.82) is 0 Å². The van der Waals surface area contributed by atoms with Crippen molar-refractivity contribution in [1.82, 2.24) is 104 Å². The lowest BCUT2D eigenvalue weighted by Crippen LogP contribution is -2.46. The molecule has 0 bridgehead atoms. The molecule has 15 heterocycles. The van der Waals surface area contributed by atoms with Crippen molar-refractivity contribution in [2.24, 2.45) is 14.1 Å². The first-order valence-corrected chi connectivity index (χ1v) is 47.9. The van der Waals surface area contributed by atoms with Crippen LogP contribution in [0.2, 0.25) is 5.02 Å². The van der Waals surface area contributed by atoms with E-state index in [1.807, 2.05) is 80.5 Å². The van der Waals surface area contributed by atoms with Gasteiger partial charge in [0.1, 0.15) is 60.1 Å². The number of ether oxygens (including phenoxy) is 5. The molecule has 8 aliphatic carbocycles. The molecular weight excluding hydrogens is 1690 g/mol. The van der Waals surface area contributed by atoms with Gasteiger partial charge in [-0.15, -0.1) is 0 Å². The Morgan fingerprint density at radius 3 is 1.00 bits per heavy atom. The molecule has 11 aromatic heterocycles. The Balaban J connectivity index is 0.000000106. The minimum absolute atomic E-state index is 0.367. The molecule has 4 saturated carbocycles. The number of morpholine rings is 4. The number of methoxy groups -OCH3 is 1. The highest BCUT2D eigenvalue weighted by molar-refractivity contribution is 6.33. The molecule has 0 spiro atoms. The van der Waals surface area contributed by atoms with Crippen molar-refractivity contribution in [3.05, 3.63) is 192 Å². The normalized spacial score (nSPS) is 22.6. The van der Waals surface area contributed by atoms with Gasteiger partial charge in [0.25, 0.3) is 0 Å². The number of hydrogen-bond donors (Lipinski definition) is 4. The van der Waals surface area contributed by atoms with Crippen LogP contribution in [0.1, 0.15) is 148 Å². The van der Waals surface area contributed by atoms with Gasteiger partial charge in [0.2, 0.25) is 0 Å². The lowest BCUT2D eigenvalue weighted by atomic mass is 9.89. The molecule has 0 radical (unpaired) electrons. The second kappa shape index (κ2) is 39.8. The maximum Gasteiger partial charge on any atom is 0.142 e. The minimum Gasteiger partial charge on any atom is -0.495 e. The number of pyridine rings is 5. The Bertz CT molecular complexity index is 6070. The minimum atomic E-state index is -0.367. The highest BCUT2D eigenvalue weighted by atomic mass is 35.5. The van der Waals surface area contributed by atoms with Crippen LogP contribution in [0.3, 0.4) is 0 Å². The van der Waals surface area contributed by atoms with Crippen LogP contribution in [0.15, 0.2) is 136 Å². The third-order valence-corrected chi connectivity index (χ3v) is 29.3. The number of fused-ring (bicyclic) bond motifs is 12. The van der Waals surface area contributed by atoms with Crippen LogP contribution in [-0.4, -0.2) is 265 Å². The van der Waals surface area contributed by atoms with E-state index in [0.717, 1.165) is 299 Å². The zero-order chi connectivity index (χ0) is 89.0. The largest absolute Gasteiger partial charge is 0.495 e. The van der Waals surface area contributed by atoms with Gasteiger partial charge in [-0.1, -0.05) is 11.6 Å². The lowest BCUT2D eigenvalue weighted by molar-refractivity contribution is 0.00788. The van der Waals surface area contributed by atoms with Crippen molar-refractivity contribution in [2.75, 3.05) is 134 Å².